The van der Waals surface area contributed by atoms with E-state index in [9.17, 15) is 4.79 Å². The average molecular weight is 410 g/mol. The molecule has 2 atom stereocenters. The maximum absolute atomic E-state index is 10.6. The molecule has 0 fully saturated rings. The van der Waals surface area contributed by atoms with E-state index in [2.05, 4.69) is 12.2 Å². The minimum Gasteiger partial charge on any atom is -0.465 e. The molecule has 0 radical (unpaired) electrons. The third-order valence-electron chi connectivity index (χ3n) is 4.91. The van der Waals surface area contributed by atoms with Crippen molar-refractivity contribution in [1.82, 2.24) is 5.32 Å². The molecule has 0 saturated carbocycles. The molecule has 0 rings (SSSR count). The number of carbonyl (C=O) groups is 1. The van der Waals surface area contributed by atoms with Gasteiger partial charge in [-0.15, -0.1) is 0 Å². The first-order valence-corrected chi connectivity index (χ1v) is 12.8. The van der Waals surface area contributed by atoms with Crippen LogP contribution in [0.15, 0.2) is 0 Å². The van der Waals surface area contributed by atoms with Crippen LogP contribution in [0.1, 0.15) is 58.3 Å². The molecule has 0 aromatic rings. The van der Waals surface area contributed by atoms with E-state index < -0.39 is 24.7 Å². The quantitative estimate of drug-likeness (QED) is 0.283. The maximum atomic E-state index is 10.6. The average Bonchev–Trinajstić information content (AvgIpc) is 2.63. The molecule has 0 spiro atoms. The predicted molar refractivity (Wildman–Crippen MR) is 108 cm³/mol. The standard InChI is InChI=1S/C17H39NO6Si2/c1-6-15(25(21-2)22-3)11-9-7-8-10-12-16(26(23-4)24-5)13-14-18-17(19)20/h15-16,18,25-26H,6-14H2,1-5H3,(H,19,20). The minimum atomic E-state index is -1.73. The van der Waals surface area contributed by atoms with Gasteiger partial charge in [0.15, 0.2) is 0 Å². The van der Waals surface area contributed by atoms with Crippen LogP contribution in [0, 0.1) is 0 Å². The van der Waals surface area contributed by atoms with E-state index >= 15 is 0 Å². The van der Waals surface area contributed by atoms with E-state index in [4.69, 9.17) is 22.8 Å². The summed E-state index contributed by atoms with van der Waals surface area (Å²) >= 11 is 0. The zero-order chi connectivity index (χ0) is 19.8. The van der Waals surface area contributed by atoms with Crippen molar-refractivity contribution in [3.05, 3.63) is 0 Å². The molecule has 0 saturated heterocycles. The van der Waals surface area contributed by atoms with E-state index in [0.717, 1.165) is 25.7 Å². The molecule has 0 aromatic heterocycles. The van der Waals surface area contributed by atoms with E-state index in [1.54, 1.807) is 28.4 Å². The van der Waals surface area contributed by atoms with Crippen LogP contribution in [0.25, 0.3) is 0 Å². The Morgan fingerprint density at radius 1 is 0.846 bits per heavy atom. The summed E-state index contributed by atoms with van der Waals surface area (Å²) in [7, 11) is 3.65. The Balaban J connectivity index is 4.11. The van der Waals surface area contributed by atoms with Crippen LogP contribution < -0.4 is 5.32 Å². The van der Waals surface area contributed by atoms with Gasteiger partial charge in [-0.05, 0) is 24.8 Å². The monoisotopic (exact) mass is 409 g/mol. The number of carboxylic acid groups (broad SMARTS) is 1. The van der Waals surface area contributed by atoms with Crippen molar-refractivity contribution in [2.45, 2.75) is 69.4 Å². The maximum Gasteiger partial charge on any atom is 0.404 e. The number of hydrogen-bond donors (Lipinski definition) is 2. The van der Waals surface area contributed by atoms with Gasteiger partial charge in [0, 0.05) is 40.5 Å². The van der Waals surface area contributed by atoms with Crippen molar-refractivity contribution in [3.8, 4) is 0 Å². The molecule has 0 aliphatic rings. The van der Waals surface area contributed by atoms with Crippen molar-refractivity contribution >= 4 is 24.7 Å². The number of hydrogen-bond acceptors (Lipinski definition) is 5. The van der Waals surface area contributed by atoms with Crippen molar-refractivity contribution in [3.63, 3.8) is 0 Å². The molecule has 0 aliphatic carbocycles. The highest BCUT2D eigenvalue weighted by molar-refractivity contribution is 6.46. The highest BCUT2D eigenvalue weighted by atomic mass is 28.3. The predicted octanol–water partition coefficient (Wildman–Crippen LogP) is 3.16. The Labute approximate surface area is 162 Å². The van der Waals surface area contributed by atoms with Gasteiger partial charge in [-0.3, -0.25) is 0 Å². The zero-order valence-electron chi connectivity index (χ0n) is 17.2. The minimum absolute atomic E-state index is 0.332. The Bertz CT molecular complexity index is 343. The second kappa shape index (κ2) is 16.7. The summed E-state index contributed by atoms with van der Waals surface area (Å²) in [6.07, 6.45) is 7.84. The van der Waals surface area contributed by atoms with Crippen LogP contribution in [0.4, 0.5) is 4.79 Å². The number of rotatable bonds is 17. The van der Waals surface area contributed by atoms with Crippen LogP contribution in [-0.2, 0) is 17.7 Å². The third kappa shape index (κ3) is 11.3. The van der Waals surface area contributed by atoms with Crippen LogP contribution in [-0.4, -0.2) is 64.8 Å². The van der Waals surface area contributed by atoms with Gasteiger partial charge < -0.3 is 28.1 Å². The lowest BCUT2D eigenvalue weighted by Crippen LogP contribution is -2.30. The fourth-order valence-corrected chi connectivity index (χ4v) is 7.21. The summed E-state index contributed by atoms with van der Waals surface area (Å²) in [5.41, 5.74) is 0.914. The Hall–Kier alpha value is -0.456. The molecular formula is C17H39NO6Si2. The number of unbranched alkanes of at least 4 members (excludes halogenated alkanes) is 3. The summed E-state index contributed by atoms with van der Waals surface area (Å²) in [5, 5.41) is 11.2. The zero-order valence-corrected chi connectivity index (χ0v) is 19.5. The molecule has 7 nitrogen and oxygen atoms in total. The lowest BCUT2D eigenvalue weighted by atomic mass is 10.1. The first kappa shape index (κ1) is 25.5. The summed E-state index contributed by atoms with van der Waals surface area (Å²) < 4.78 is 22.1. The van der Waals surface area contributed by atoms with E-state index in [0.29, 0.717) is 17.6 Å². The summed E-state index contributed by atoms with van der Waals surface area (Å²) in [6, 6.07) is 0. The first-order valence-electron chi connectivity index (χ1n) is 9.61. The van der Waals surface area contributed by atoms with Crippen molar-refractivity contribution < 1.29 is 27.6 Å². The van der Waals surface area contributed by atoms with Gasteiger partial charge in [-0.2, -0.15) is 0 Å². The van der Waals surface area contributed by atoms with Gasteiger partial charge in [-0.1, -0.05) is 39.0 Å². The third-order valence-corrected chi connectivity index (χ3v) is 9.78. The molecule has 2 N–H and O–H groups in total. The van der Waals surface area contributed by atoms with Gasteiger partial charge in [0.1, 0.15) is 0 Å². The first-order chi connectivity index (χ1) is 12.5. The summed E-state index contributed by atoms with van der Waals surface area (Å²) in [6.45, 7) is 2.66. The topological polar surface area (TPSA) is 86.3 Å². The second-order valence-corrected chi connectivity index (χ2v) is 11.9. The summed E-state index contributed by atoms with van der Waals surface area (Å²) in [5.74, 6) is 0. The smallest absolute Gasteiger partial charge is 0.404 e. The fraction of sp³-hybridized carbons (Fsp3) is 0.941. The molecule has 0 heterocycles. The van der Waals surface area contributed by atoms with Crippen LogP contribution in [0.3, 0.4) is 0 Å². The molecular weight excluding hydrogens is 370 g/mol. The lowest BCUT2D eigenvalue weighted by Gasteiger charge is -2.23. The summed E-state index contributed by atoms with van der Waals surface area (Å²) in [4.78, 5) is 10.6. The van der Waals surface area contributed by atoms with Gasteiger partial charge in [0.05, 0.1) is 0 Å². The molecule has 0 aromatic carbocycles. The molecule has 156 valence electrons. The van der Waals surface area contributed by atoms with Gasteiger partial charge >= 0.3 is 24.7 Å². The largest absolute Gasteiger partial charge is 0.465 e. The molecule has 0 aliphatic heterocycles. The van der Waals surface area contributed by atoms with E-state index in [1.165, 1.54) is 25.7 Å². The Morgan fingerprint density at radius 3 is 1.73 bits per heavy atom. The Morgan fingerprint density at radius 2 is 1.31 bits per heavy atom. The van der Waals surface area contributed by atoms with Crippen molar-refractivity contribution in [1.29, 1.82) is 0 Å². The highest BCUT2D eigenvalue weighted by Crippen LogP contribution is 2.26. The normalized spacial score (nSPS) is 14.0. The number of amides is 1. The highest BCUT2D eigenvalue weighted by Gasteiger charge is 2.24. The molecule has 9 heteroatoms. The lowest BCUT2D eigenvalue weighted by molar-refractivity contribution is 0.193. The van der Waals surface area contributed by atoms with Crippen LogP contribution in [0.5, 0.6) is 0 Å². The molecule has 0 bridgehead atoms. The van der Waals surface area contributed by atoms with Crippen LogP contribution >= 0.6 is 0 Å². The van der Waals surface area contributed by atoms with Gasteiger partial charge in [0.25, 0.3) is 0 Å². The van der Waals surface area contributed by atoms with Gasteiger partial charge in [-0.25, -0.2) is 4.79 Å². The molecule has 26 heavy (non-hydrogen) atoms. The fourth-order valence-electron chi connectivity index (χ4n) is 3.44. The molecule has 1 amide bonds. The van der Waals surface area contributed by atoms with Gasteiger partial charge in [0.2, 0.25) is 0 Å². The SMILES string of the molecule is CCC(CCCCCCC(CCNC(=O)O)[SiH](OC)OC)[SiH](OC)OC. The second-order valence-electron chi connectivity index (χ2n) is 6.62. The molecule has 2 unspecified atom stereocenters. The van der Waals surface area contributed by atoms with Crippen molar-refractivity contribution in [2.75, 3.05) is 35.0 Å². The van der Waals surface area contributed by atoms with E-state index in [1.807, 2.05) is 0 Å². The van der Waals surface area contributed by atoms with Crippen molar-refractivity contribution in [2.24, 2.45) is 0 Å². The van der Waals surface area contributed by atoms with Crippen LogP contribution in [0.2, 0.25) is 11.1 Å². The Kier molecular flexibility index (Phi) is 16.4. The van der Waals surface area contributed by atoms with E-state index in [-0.39, 0.29) is 0 Å². The number of nitrogens with one attached hydrogen (secondary N) is 1.